The predicted molar refractivity (Wildman–Crippen MR) is 134 cm³/mol. The van der Waals surface area contributed by atoms with Crippen LogP contribution in [0.15, 0.2) is 4.99 Å². The van der Waals surface area contributed by atoms with Gasteiger partial charge in [-0.2, -0.15) is 0 Å². The molecule has 0 heterocycles. The maximum Gasteiger partial charge on any atom is 0.326 e. The third kappa shape index (κ3) is 13.5. The fourth-order valence-corrected chi connectivity index (χ4v) is 3.22. The molecule has 206 valence electrons. The highest BCUT2D eigenvalue weighted by atomic mass is 16.4. The minimum absolute atomic E-state index is 0.0100. The van der Waals surface area contributed by atoms with Gasteiger partial charge in [0.1, 0.15) is 18.1 Å². The third-order valence-corrected chi connectivity index (χ3v) is 5.19. The molecule has 14 nitrogen and oxygen atoms in total. The van der Waals surface area contributed by atoms with Gasteiger partial charge in [0.2, 0.25) is 23.6 Å². The van der Waals surface area contributed by atoms with Crippen LogP contribution in [0.4, 0.5) is 0 Å². The summed E-state index contributed by atoms with van der Waals surface area (Å²) in [6.45, 7) is 7.28. The van der Waals surface area contributed by atoms with Crippen molar-refractivity contribution in [3.8, 4) is 0 Å². The lowest BCUT2D eigenvalue weighted by Gasteiger charge is -2.27. The number of carboxylic acids is 1. The van der Waals surface area contributed by atoms with Crippen LogP contribution in [0.3, 0.4) is 0 Å². The van der Waals surface area contributed by atoms with Crippen molar-refractivity contribution in [3.63, 3.8) is 0 Å². The molecule has 14 heteroatoms. The van der Waals surface area contributed by atoms with Crippen molar-refractivity contribution in [2.75, 3.05) is 6.54 Å². The quantitative estimate of drug-likeness (QED) is 0.0598. The normalized spacial score (nSPS) is 14.3. The van der Waals surface area contributed by atoms with Crippen LogP contribution in [-0.2, 0) is 24.0 Å². The standard InChI is InChI=1S/C22H42N8O6/c1-11(2)10-15(29-18(32)13(23)7-8-16(24)31)19(33)30-17(12(3)4)20(34)28-14(21(35)36)6-5-9-27-22(25)26/h11-15,17H,5-10,23H2,1-4H3,(H2,24,31)(H,28,34)(H,29,32)(H,30,33)(H,35,36)(H4,25,26,27). The first-order valence-electron chi connectivity index (χ1n) is 11.9. The zero-order chi connectivity index (χ0) is 28.0. The molecule has 0 saturated carbocycles. The summed E-state index contributed by atoms with van der Waals surface area (Å²) in [4.78, 5) is 64.7. The van der Waals surface area contributed by atoms with E-state index >= 15 is 0 Å². The molecule has 0 saturated heterocycles. The van der Waals surface area contributed by atoms with Crippen molar-refractivity contribution >= 4 is 35.6 Å². The Bertz CT molecular complexity index is 797. The average molecular weight is 515 g/mol. The second kappa shape index (κ2) is 16.3. The molecule has 0 aliphatic heterocycles. The Hall–Kier alpha value is -3.42. The molecule has 0 bridgehead atoms. The van der Waals surface area contributed by atoms with Gasteiger partial charge in [-0.05, 0) is 37.5 Å². The van der Waals surface area contributed by atoms with E-state index in [2.05, 4.69) is 20.9 Å². The third-order valence-electron chi connectivity index (χ3n) is 5.19. The Balaban J connectivity index is 5.36. The summed E-state index contributed by atoms with van der Waals surface area (Å²) in [5.41, 5.74) is 21.4. The molecule has 0 aromatic carbocycles. The van der Waals surface area contributed by atoms with Gasteiger partial charge in [-0.1, -0.05) is 27.7 Å². The van der Waals surface area contributed by atoms with E-state index in [4.69, 9.17) is 22.9 Å². The molecular formula is C22H42N8O6. The number of hydrogen-bond donors (Lipinski definition) is 8. The van der Waals surface area contributed by atoms with Crippen molar-refractivity contribution < 1.29 is 29.1 Å². The molecule has 4 amide bonds. The van der Waals surface area contributed by atoms with E-state index in [-0.39, 0.29) is 44.1 Å². The Morgan fingerprint density at radius 2 is 1.42 bits per heavy atom. The molecule has 36 heavy (non-hydrogen) atoms. The highest BCUT2D eigenvalue weighted by Gasteiger charge is 2.32. The van der Waals surface area contributed by atoms with Gasteiger partial charge < -0.3 is 44.0 Å². The van der Waals surface area contributed by atoms with Gasteiger partial charge in [-0.3, -0.25) is 24.2 Å². The highest BCUT2D eigenvalue weighted by Crippen LogP contribution is 2.10. The van der Waals surface area contributed by atoms with Gasteiger partial charge in [0, 0.05) is 13.0 Å². The largest absolute Gasteiger partial charge is 0.480 e. The topological polar surface area (TPSA) is 258 Å². The van der Waals surface area contributed by atoms with Gasteiger partial charge in [-0.25, -0.2) is 4.79 Å². The van der Waals surface area contributed by atoms with Crippen LogP contribution < -0.4 is 38.9 Å². The van der Waals surface area contributed by atoms with E-state index in [1.165, 1.54) is 0 Å². The monoisotopic (exact) mass is 514 g/mol. The number of aliphatic carboxylic acids is 1. The summed E-state index contributed by atoms with van der Waals surface area (Å²) in [6.07, 6.45) is 0.586. The van der Waals surface area contributed by atoms with E-state index < -0.39 is 59.7 Å². The summed E-state index contributed by atoms with van der Waals surface area (Å²) in [5.74, 6) is -4.27. The fraction of sp³-hybridized carbons (Fsp3) is 0.727. The zero-order valence-corrected chi connectivity index (χ0v) is 21.5. The van der Waals surface area contributed by atoms with Gasteiger partial charge in [0.15, 0.2) is 5.96 Å². The first-order valence-corrected chi connectivity index (χ1v) is 11.9. The predicted octanol–water partition coefficient (Wildman–Crippen LogP) is -2.13. The molecule has 0 aromatic heterocycles. The smallest absolute Gasteiger partial charge is 0.326 e. The number of hydrogen-bond acceptors (Lipinski definition) is 7. The molecule has 0 aliphatic carbocycles. The lowest BCUT2D eigenvalue weighted by Crippen LogP contribution is -2.58. The maximum atomic E-state index is 13.0. The van der Waals surface area contributed by atoms with Crippen molar-refractivity contribution in [1.29, 1.82) is 0 Å². The first kappa shape index (κ1) is 32.6. The number of aliphatic imine (C=N–C) groups is 1. The number of nitrogens with two attached hydrogens (primary N) is 4. The number of carbonyl (C=O) groups is 5. The molecule has 0 aromatic rings. The van der Waals surface area contributed by atoms with Crippen LogP contribution in [-0.4, -0.2) is 71.4 Å². The number of guanidine groups is 1. The van der Waals surface area contributed by atoms with Gasteiger partial charge in [0.05, 0.1) is 6.04 Å². The summed E-state index contributed by atoms with van der Waals surface area (Å²) < 4.78 is 0. The number of carbonyl (C=O) groups excluding carboxylic acids is 4. The summed E-state index contributed by atoms with van der Waals surface area (Å²) in [7, 11) is 0. The SMILES string of the molecule is CC(C)CC(NC(=O)C(N)CCC(N)=O)C(=O)NC(C(=O)NC(CCCN=C(N)N)C(=O)O)C(C)C. The number of amides is 4. The summed E-state index contributed by atoms with van der Waals surface area (Å²) in [6, 6.07) is -4.31. The van der Waals surface area contributed by atoms with Crippen molar-refractivity contribution in [1.82, 2.24) is 16.0 Å². The number of primary amides is 1. The number of carboxylic acid groups (broad SMARTS) is 1. The van der Waals surface area contributed by atoms with E-state index in [0.717, 1.165) is 0 Å². The summed E-state index contributed by atoms with van der Waals surface area (Å²) in [5, 5.41) is 17.1. The number of nitrogens with zero attached hydrogens (tertiary/aromatic N) is 1. The van der Waals surface area contributed by atoms with Crippen LogP contribution in [0.1, 0.15) is 59.8 Å². The van der Waals surface area contributed by atoms with Crippen LogP contribution >= 0.6 is 0 Å². The minimum Gasteiger partial charge on any atom is -0.480 e. The molecule has 4 atom stereocenters. The second-order valence-electron chi connectivity index (χ2n) is 9.38. The zero-order valence-electron chi connectivity index (χ0n) is 21.5. The van der Waals surface area contributed by atoms with Crippen LogP contribution in [0.2, 0.25) is 0 Å². The van der Waals surface area contributed by atoms with Gasteiger partial charge in [0.25, 0.3) is 0 Å². The summed E-state index contributed by atoms with van der Waals surface area (Å²) >= 11 is 0. The molecule has 0 rings (SSSR count). The van der Waals surface area contributed by atoms with Crippen molar-refractivity contribution in [2.45, 2.75) is 84.0 Å². The average Bonchev–Trinajstić information content (AvgIpc) is 2.75. The molecule has 0 spiro atoms. The van der Waals surface area contributed by atoms with E-state index in [1.54, 1.807) is 13.8 Å². The lowest BCUT2D eigenvalue weighted by molar-refractivity contribution is -0.142. The van der Waals surface area contributed by atoms with Crippen molar-refractivity contribution in [2.24, 2.45) is 39.8 Å². The Morgan fingerprint density at radius 3 is 1.89 bits per heavy atom. The highest BCUT2D eigenvalue weighted by molar-refractivity contribution is 5.94. The number of rotatable bonds is 17. The maximum absolute atomic E-state index is 13.0. The van der Waals surface area contributed by atoms with E-state index in [0.29, 0.717) is 6.42 Å². The van der Waals surface area contributed by atoms with Crippen LogP contribution in [0, 0.1) is 11.8 Å². The molecule has 4 unspecified atom stereocenters. The minimum atomic E-state index is -1.24. The molecule has 0 radical (unpaired) electrons. The first-order chi connectivity index (χ1) is 16.6. The fourth-order valence-electron chi connectivity index (χ4n) is 3.22. The van der Waals surface area contributed by atoms with Crippen molar-refractivity contribution in [3.05, 3.63) is 0 Å². The van der Waals surface area contributed by atoms with Crippen LogP contribution in [0.5, 0.6) is 0 Å². The van der Waals surface area contributed by atoms with Gasteiger partial charge >= 0.3 is 5.97 Å². The second-order valence-corrected chi connectivity index (χ2v) is 9.38. The van der Waals surface area contributed by atoms with Crippen LogP contribution in [0.25, 0.3) is 0 Å². The Labute approximate surface area is 211 Å². The number of nitrogens with one attached hydrogen (secondary N) is 3. The molecule has 12 N–H and O–H groups in total. The lowest BCUT2D eigenvalue weighted by atomic mass is 9.99. The van der Waals surface area contributed by atoms with E-state index in [1.807, 2.05) is 13.8 Å². The molecule has 0 aliphatic rings. The Morgan fingerprint density at radius 1 is 0.833 bits per heavy atom. The van der Waals surface area contributed by atoms with Gasteiger partial charge in [-0.15, -0.1) is 0 Å². The van der Waals surface area contributed by atoms with E-state index in [9.17, 15) is 29.1 Å². The Kier molecular flexibility index (Phi) is 14.7. The molecular weight excluding hydrogens is 472 g/mol. The molecule has 0 fully saturated rings.